The van der Waals surface area contributed by atoms with Gasteiger partial charge in [0.1, 0.15) is 0 Å². The predicted octanol–water partition coefficient (Wildman–Crippen LogP) is 24.2. The van der Waals surface area contributed by atoms with Crippen LogP contribution < -0.4 is 9.80 Å². The molecule has 0 atom stereocenters. The SMILES string of the molecule is CC1(C)c2cc(C=Cc3ccc(C=Cc4ccc5c(c4)C(C)(C)c4cc(N(c6ccc(-c7ccccc7)cc6)c6cccc(-c7ccccc7)c6)ccc4-5)cc3)ccc2-c2ccc(N(c3ccc(-c4ccccc4)cc3)c3cccc(-c4ccccc4)c3)cc21. The van der Waals surface area contributed by atoms with Gasteiger partial charge in [-0.3, -0.25) is 0 Å². The fourth-order valence-electron chi connectivity index (χ4n) is 13.7. The van der Waals surface area contributed by atoms with Crippen molar-refractivity contribution in [1.29, 1.82) is 0 Å². The van der Waals surface area contributed by atoms with Crippen LogP contribution in [0.15, 0.2) is 315 Å². The molecule has 0 amide bonds. The summed E-state index contributed by atoms with van der Waals surface area (Å²) in [6.45, 7) is 9.51. The molecular weight excluding hydrogens is 1080 g/mol. The first kappa shape index (κ1) is 55.5. The second-order valence-electron chi connectivity index (χ2n) is 25.0. The Bertz CT molecular complexity index is 4520. The molecule has 2 aliphatic carbocycles. The lowest BCUT2D eigenvalue weighted by Gasteiger charge is -2.28. The Morgan fingerprint density at radius 3 is 0.811 bits per heavy atom. The molecule has 2 heteroatoms. The van der Waals surface area contributed by atoms with Gasteiger partial charge >= 0.3 is 0 Å². The minimum absolute atomic E-state index is 0.217. The highest BCUT2D eigenvalue weighted by molar-refractivity contribution is 5.90. The first-order valence-corrected chi connectivity index (χ1v) is 31.4. The van der Waals surface area contributed by atoms with Gasteiger partial charge < -0.3 is 9.80 Å². The minimum atomic E-state index is -0.217. The summed E-state index contributed by atoms with van der Waals surface area (Å²) in [7, 11) is 0. The Kier molecular flexibility index (Phi) is 14.3. The van der Waals surface area contributed by atoms with Gasteiger partial charge in [-0.25, -0.2) is 0 Å². The van der Waals surface area contributed by atoms with E-state index in [0.29, 0.717) is 0 Å². The highest BCUT2D eigenvalue weighted by Gasteiger charge is 2.38. The normalized spacial score (nSPS) is 13.2. The Balaban J connectivity index is 0.658. The van der Waals surface area contributed by atoms with Crippen LogP contribution in [-0.2, 0) is 10.8 Å². The minimum Gasteiger partial charge on any atom is -0.310 e. The van der Waals surface area contributed by atoms with Crippen molar-refractivity contribution in [2.75, 3.05) is 9.80 Å². The molecule has 430 valence electrons. The molecule has 0 heterocycles. The monoisotopic (exact) mass is 1150 g/mol. The standard InChI is InChI=1S/C88H68N2/c1-87(2)83-55-63(39-51-79(83)81-53-49-77(59-85(81)87)89(73-45-41-69(42-46-73)65-19-9-5-10-20-65)75-29-17-27-71(57-75)67-23-13-7-14-24-67)37-35-61-31-33-62(34-32-61)36-38-64-40-52-80-82-54-50-78(60-86(82)88(3,4)84(80)56-64)90(74-47-43-70(44-48-74)66-21-11-6-12-22-66)76-30-18-28-72(58-76)68-25-15-8-16-26-68/h5-60H,1-4H3. The highest BCUT2D eigenvalue weighted by Crippen LogP contribution is 2.53. The Morgan fingerprint density at radius 2 is 0.456 bits per heavy atom. The first-order valence-electron chi connectivity index (χ1n) is 31.4. The molecule has 0 N–H and O–H groups in total. The third kappa shape index (κ3) is 10.6. The van der Waals surface area contributed by atoms with E-state index in [1.165, 1.54) is 100 Å². The van der Waals surface area contributed by atoms with E-state index in [0.717, 1.165) is 45.3 Å². The molecule has 13 aromatic carbocycles. The van der Waals surface area contributed by atoms with Crippen LogP contribution >= 0.6 is 0 Å². The zero-order valence-corrected chi connectivity index (χ0v) is 51.2. The van der Waals surface area contributed by atoms with Crippen molar-refractivity contribution in [2.45, 2.75) is 38.5 Å². The summed E-state index contributed by atoms with van der Waals surface area (Å²) in [6, 6.07) is 115. The average molecular weight is 1150 g/mol. The second kappa shape index (κ2) is 23.2. The van der Waals surface area contributed by atoms with Gasteiger partial charge in [0.15, 0.2) is 0 Å². The maximum absolute atomic E-state index is 2.43. The first-order chi connectivity index (χ1) is 44.1. The van der Waals surface area contributed by atoms with Crippen molar-refractivity contribution >= 4 is 58.4 Å². The molecule has 90 heavy (non-hydrogen) atoms. The Morgan fingerprint density at radius 1 is 0.200 bits per heavy atom. The maximum Gasteiger partial charge on any atom is 0.0467 e. The zero-order chi connectivity index (χ0) is 60.8. The Hall–Kier alpha value is -11.1. The van der Waals surface area contributed by atoms with Crippen molar-refractivity contribution in [2.24, 2.45) is 0 Å². The molecule has 0 fully saturated rings. The Labute approximate surface area is 530 Å². The molecule has 0 bridgehead atoms. The quantitative estimate of drug-likeness (QED) is 0.100. The molecule has 0 unspecified atom stereocenters. The van der Waals surface area contributed by atoms with Crippen molar-refractivity contribution in [3.63, 3.8) is 0 Å². The number of nitrogens with zero attached hydrogens (tertiary/aromatic N) is 2. The molecule has 0 aromatic heterocycles. The summed E-state index contributed by atoms with van der Waals surface area (Å²) >= 11 is 0. The van der Waals surface area contributed by atoms with Crippen LogP contribution in [0.25, 0.3) is 91.1 Å². The topological polar surface area (TPSA) is 6.48 Å². The van der Waals surface area contributed by atoms with Gasteiger partial charge in [-0.05, 0) is 184 Å². The number of anilines is 6. The molecule has 0 saturated carbocycles. The smallest absolute Gasteiger partial charge is 0.0467 e. The molecule has 0 spiro atoms. The van der Waals surface area contributed by atoms with E-state index in [4.69, 9.17) is 0 Å². The van der Waals surface area contributed by atoms with Gasteiger partial charge in [0.05, 0.1) is 0 Å². The van der Waals surface area contributed by atoms with E-state index in [2.05, 4.69) is 377 Å². The van der Waals surface area contributed by atoms with E-state index < -0.39 is 0 Å². The van der Waals surface area contributed by atoms with Crippen LogP contribution in [0, 0.1) is 0 Å². The molecule has 2 nitrogen and oxygen atoms in total. The van der Waals surface area contributed by atoms with Crippen LogP contribution in [0.4, 0.5) is 34.1 Å². The van der Waals surface area contributed by atoms with E-state index in [1.807, 2.05) is 0 Å². The number of fused-ring (bicyclic) bond motifs is 6. The molecule has 2 aliphatic rings. The number of benzene rings is 13. The number of rotatable bonds is 14. The second-order valence-corrected chi connectivity index (χ2v) is 25.0. The summed E-state index contributed by atoms with van der Waals surface area (Å²) in [4.78, 5) is 4.82. The van der Waals surface area contributed by atoms with Crippen LogP contribution in [0.1, 0.15) is 72.2 Å². The summed E-state index contributed by atoms with van der Waals surface area (Å²) < 4.78 is 0. The van der Waals surface area contributed by atoms with Crippen LogP contribution in [0.2, 0.25) is 0 Å². The average Bonchev–Trinajstić information content (AvgIpc) is 1.62. The lowest BCUT2D eigenvalue weighted by Crippen LogP contribution is -2.16. The lowest BCUT2D eigenvalue weighted by molar-refractivity contribution is 0.660. The van der Waals surface area contributed by atoms with Gasteiger partial charge in [0, 0.05) is 45.0 Å². The lowest BCUT2D eigenvalue weighted by atomic mass is 9.81. The fraction of sp³-hybridized carbons (Fsp3) is 0.0682. The van der Waals surface area contributed by atoms with E-state index in [9.17, 15) is 0 Å². The largest absolute Gasteiger partial charge is 0.310 e. The maximum atomic E-state index is 2.43. The summed E-state index contributed by atoms with van der Waals surface area (Å²) in [5.41, 5.74) is 31.1. The van der Waals surface area contributed by atoms with Gasteiger partial charge in [-0.15, -0.1) is 0 Å². The van der Waals surface area contributed by atoms with E-state index >= 15 is 0 Å². The van der Waals surface area contributed by atoms with E-state index in [1.54, 1.807) is 0 Å². The zero-order valence-electron chi connectivity index (χ0n) is 51.2. The van der Waals surface area contributed by atoms with Crippen LogP contribution in [0.5, 0.6) is 0 Å². The van der Waals surface area contributed by atoms with Gasteiger partial charge in [-0.1, -0.05) is 295 Å². The molecule has 0 radical (unpaired) electrons. The molecule has 13 aromatic rings. The molecule has 0 saturated heterocycles. The number of hydrogen-bond donors (Lipinski definition) is 0. The predicted molar refractivity (Wildman–Crippen MR) is 383 cm³/mol. The van der Waals surface area contributed by atoms with Gasteiger partial charge in [0.2, 0.25) is 0 Å². The van der Waals surface area contributed by atoms with Crippen molar-refractivity contribution in [3.8, 4) is 66.8 Å². The van der Waals surface area contributed by atoms with Crippen LogP contribution in [0.3, 0.4) is 0 Å². The summed E-state index contributed by atoms with van der Waals surface area (Å²) in [6.07, 6.45) is 8.99. The third-order valence-corrected chi connectivity index (χ3v) is 18.6. The van der Waals surface area contributed by atoms with E-state index in [-0.39, 0.29) is 10.8 Å². The summed E-state index contributed by atoms with van der Waals surface area (Å²) in [5, 5.41) is 0. The van der Waals surface area contributed by atoms with Gasteiger partial charge in [0.25, 0.3) is 0 Å². The van der Waals surface area contributed by atoms with Crippen LogP contribution in [-0.4, -0.2) is 0 Å². The van der Waals surface area contributed by atoms with Crippen molar-refractivity contribution < 1.29 is 0 Å². The molecule has 15 rings (SSSR count). The third-order valence-electron chi connectivity index (χ3n) is 18.6. The van der Waals surface area contributed by atoms with Crippen molar-refractivity contribution in [3.05, 3.63) is 360 Å². The van der Waals surface area contributed by atoms with Gasteiger partial charge in [-0.2, -0.15) is 0 Å². The van der Waals surface area contributed by atoms with Crippen molar-refractivity contribution in [1.82, 2.24) is 0 Å². The molecule has 0 aliphatic heterocycles. The number of hydrogen-bond acceptors (Lipinski definition) is 2. The highest BCUT2D eigenvalue weighted by atomic mass is 15.1. The summed E-state index contributed by atoms with van der Waals surface area (Å²) in [5.74, 6) is 0. The fourth-order valence-corrected chi connectivity index (χ4v) is 13.7. The molecular formula is C88H68N2.